The first-order valence-electron chi connectivity index (χ1n) is 8.10. The Morgan fingerprint density at radius 3 is 2.76 bits per heavy atom. The van der Waals surface area contributed by atoms with Crippen LogP contribution in [0.5, 0.6) is 0 Å². The van der Waals surface area contributed by atoms with Gasteiger partial charge in [0.25, 0.3) is 5.91 Å². The standard InChI is InChI=1S/C16H21ClN6O2/c1-9(24)16(25)22-6-4-10(5-7-22)23(19)15-11(18)8-20-12-2-3-13(17)21-14(12)15/h2-3,8-10,24H,4-7,18-19H2,1H3. The van der Waals surface area contributed by atoms with E-state index < -0.39 is 6.10 Å². The molecule has 1 aliphatic rings. The van der Waals surface area contributed by atoms with Gasteiger partial charge < -0.3 is 20.7 Å². The van der Waals surface area contributed by atoms with Gasteiger partial charge in [-0.2, -0.15) is 0 Å². The Labute approximate surface area is 150 Å². The number of halogens is 1. The van der Waals surface area contributed by atoms with Crippen LogP contribution in [0.3, 0.4) is 0 Å². The highest BCUT2D eigenvalue weighted by Gasteiger charge is 2.29. The lowest BCUT2D eigenvalue weighted by atomic mass is 10.0. The fraction of sp³-hybridized carbons (Fsp3) is 0.438. The van der Waals surface area contributed by atoms with E-state index in [-0.39, 0.29) is 11.9 Å². The Balaban J connectivity index is 1.84. The number of anilines is 2. The highest BCUT2D eigenvalue weighted by molar-refractivity contribution is 6.29. The molecule has 1 aliphatic heterocycles. The van der Waals surface area contributed by atoms with Gasteiger partial charge in [-0.25, -0.2) is 10.8 Å². The van der Waals surface area contributed by atoms with Gasteiger partial charge in [0.15, 0.2) is 0 Å². The van der Waals surface area contributed by atoms with Crippen LogP contribution < -0.4 is 16.6 Å². The number of amides is 1. The predicted octanol–water partition coefficient (Wildman–Crippen LogP) is 0.917. The zero-order valence-corrected chi connectivity index (χ0v) is 14.6. The Bertz CT molecular complexity index is 786. The summed E-state index contributed by atoms with van der Waals surface area (Å²) < 4.78 is 0. The summed E-state index contributed by atoms with van der Waals surface area (Å²) in [5.41, 5.74) is 8.32. The maximum atomic E-state index is 11.9. The summed E-state index contributed by atoms with van der Waals surface area (Å²) in [4.78, 5) is 22.1. The number of carbonyl (C=O) groups excluding carboxylic acids is 1. The molecule has 1 atom stereocenters. The Hall–Kier alpha value is -2.16. The molecule has 1 unspecified atom stereocenters. The molecule has 1 fully saturated rings. The number of nitrogen functional groups attached to an aromatic ring is 1. The number of rotatable bonds is 3. The van der Waals surface area contributed by atoms with E-state index in [1.54, 1.807) is 28.2 Å². The van der Waals surface area contributed by atoms with E-state index in [1.165, 1.54) is 6.92 Å². The van der Waals surface area contributed by atoms with E-state index in [2.05, 4.69) is 9.97 Å². The molecule has 9 heteroatoms. The SMILES string of the molecule is CC(O)C(=O)N1CCC(N(N)c2c(N)cnc3ccc(Cl)nc23)CC1. The van der Waals surface area contributed by atoms with E-state index in [9.17, 15) is 9.90 Å². The molecule has 2 aromatic rings. The largest absolute Gasteiger partial charge is 0.396 e. The molecular weight excluding hydrogens is 344 g/mol. The Morgan fingerprint density at radius 1 is 1.44 bits per heavy atom. The van der Waals surface area contributed by atoms with Gasteiger partial charge in [0.2, 0.25) is 0 Å². The number of likely N-dealkylation sites (tertiary alicyclic amines) is 1. The summed E-state index contributed by atoms with van der Waals surface area (Å²) in [5.74, 6) is 6.10. The third-order valence-corrected chi connectivity index (χ3v) is 4.68. The van der Waals surface area contributed by atoms with Crippen LogP contribution in [0.25, 0.3) is 11.0 Å². The molecular formula is C16H21ClN6O2. The molecule has 2 aromatic heterocycles. The van der Waals surface area contributed by atoms with Crippen LogP contribution in [0, 0.1) is 0 Å². The van der Waals surface area contributed by atoms with Crippen molar-refractivity contribution in [1.82, 2.24) is 14.9 Å². The molecule has 1 saturated heterocycles. The maximum Gasteiger partial charge on any atom is 0.251 e. The van der Waals surface area contributed by atoms with Gasteiger partial charge in [-0.05, 0) is 31.9 Å². The molecule has 5 N–H and O–H groups in total. The molecule has 3 heterocycles. The maximum absolute atomic E-state index is 11.9. The van der Waals surface area contributed by atoms with Gasteiger partial charge >= 0.3 is 0 Å². The number of aliphatic hydroxyl groups excluding tert-OH is 1. The minimum absolute atomic E-state index is 0.00766. The van der Waals surface area contributed by atoms with E-state index in [1.807, 2.05) is 0 Å². The molecule has 3 rings (SSSR count). The van der Waals surface area contributed by atoms with Gasteiger partial charge in [-0.15, -0.1) is 0 Å². The molecule has 0 spiro atoms. The van der Waals surface area contributed by atoms with Crippen LogP contribution in [0.15, 0.2) is 18.3 Å². The van der Waals surface area contributed by atoms with Gasteiger partial charge in [-0.3, -0.25) is 9.78 Å². The molecule has 25 heavy (non-hydrogen) atoms. The highest BCUT2D eigenvalue weighted by Crippen LogP contribution is 2.32. The van der Waals surface area contributed by atoms with Crippen molar-refractivity contribution in [1.29, 1.82) is 0 Å². The summed E-state index contributed by atoms with van der Waals surface area (Å²) in [6.45, 7) is 2.53. The number of pyridine rings is 2. The third-order valence-electron chi connectivity index (χ3n) is 4.47. The smallest absolute Gasteiger partial charge is 0.251 e. The first-order valence-corrected chi connectivity index (χ1v) is 8.47. The van der Waals surface area contributed by atoms with E-state index in [4.69, 9.17) is 23.2 Å². The Kier molecular flexibility index (Phi) is 4.94. The summed E-state index contributed by atoms with van der Waals surface area (Å²) in [6.07, 6.45) is 1.90. The minimum Gasteiger partial charge on any atom is -0.396 e. The topological polar surface area (TPSA) is 122 Å². The van der Waals surface area contributed by atoms with Crippen LogP contribution in [-0.2, 0) is 4.79 Å². The van der Waals surface area contributed by atoms with Crippen LogP contribution >= 0.6 is 11.6 Å². The molecule has 134 valence electrons. The summed E-state index contributed by atoms with van der Waals surface area (Å²) in [7, 11) is 0. The highest BCUT2D eigenvalue weighted by atomic mass is 35.5. The predicted molar refractivity (Wildman–Crippen MR) is 96.9 cm³/mol. The number of hydrogen-bond donors (Lipinski definition) is 3. The molecule has 1 amide bonds. The normalized spacial score (nSPS) is 16.9. The number of nitrogens with two attached hydrogens (primary N) is 2. The minimum atomic E-state index is -0.989. The third kappa shape index (κ3) is 3.46. The van der Waals surface area contributed by atoms with Gasteiger partial charge in [-0.1, -0.05) is 11.6 Å². The monoisotopic (exact) mass is 364 g/mol. The molecule has 8 nitrogen and oxygen atoms in total. The first kappa shape index (κ1) is 17.7. The van der Waals surface area contributed by atoms with Crippen molar-refractivity contribution in [3.8, 4) is 0 Å². The summed E-state index contributed by atoms with van der Waals surface area (Å²) in [6, 6.07) is 3.43. The Morgan fingerprint density at radius 2 is 2.12 bits per heavy atom. The molecule has 0 saturated carbocycles. The molecule has 0 radical (unpaired) electrons. The molecule has 0 aromatic carbocycles. The van der Waals surface area contributed by atoms with Gasteiger partial charge in [0.1, 0.15) is 22.5 Å². The second-order valence-corrected chi connectivity index (χ2v) is 6.59. The first-order chi connectivity index (χ1) is 11.9. The number of aliphatic hydroxyl groups is 1. The van der Waals surface area contributed by atoms with E-state index in [0.717, 1.165) is 0 Å². The summed E-state index contributed by atoms with van der Waals surface area (Å²) in [5, 5.41) is 11.4. The van der Waals surface area contributed by atoms with Crippen molar-refractivity contribution in [3.63, 3.8) is 0 Å². The fourth-order valence-corrected chi connectivity index (χ4v) is 3.27. The molecule has 0 aliphatic carbocycles. The van der Waals surface area contributed by atoms with Crippen molar-refractivity contribution in [2.45, 2.75) is 31.9 Å². The molecule has 0 bridgehead atoms. The number of hydrazine groups is 1. The fourth-order valence-electron chi connectivity index (χ4n) is 3.13. The van der Waals surface area contributed by atoms with Crippen LogP contribution in [0.2, 0.25) is 5.15 Å². The lowest BCUT2D eigenvalue weighted by Crippen LogP contribution is -2.51. The lowest BCUT2D eigenvalue weighted by Gasteiger charge is -2.38. The summed E-state index contributed by atoms with van der Waals surface area (Å²) >= 11 is 6.01. The number of carbonyl (C=O) groups is 1. The van der Waals surface area contributed by atoms with Crippen molar-refractivity contribution < 1.29 is 9.90 Å². The van der Waals surface area contributed by atoms with Crippen LogP contribution in [0.4, 0.5) is 11.4 Å². The number of fused-ring (bicyclic) bond motifs is 1. The lowest BCUT2D eigenvalue weighted by molar-refractivity contribution is -0.140. The van der Waals surface area contributed by atoms with Crippen molar-refractivity contribution in [2.75, 3.05) is 23.8 Å². The number of piperidine rings is 1. The zero-order valence-electron chi connectivity index (χ0n) is 13.9. The number of hydrogen-bond acceptors (Lipinski definition) is 7. The van der Waals surface area contributed by atoms with Crippen LogP contribution in [0.1, 0.15) is 19.8 Å². The average molecular weight is 365 g/mol. The van der Waals surface area contributed by atoms with Crippen molar-refractivity contribution in [2.24, 2.45) is 5.84 Å². The quantitative estimate of drug-likeness (QED) is 0.420. The second kappa shape index (κ2) is 6.99. The van der Waals surface area contributed by atoms with Gasteiger partial charge in [0.05, 0.1) is 17.4 Å². The second-order valence-electron chi connectivity index (χ2n) is 6.20. The number of nitrogens with zero attached hydrogens (tertiary/aromatic N) is 4. The van der Waals surface area contributed by atoms with Crippen LogP contribution in [-0.4, -0.2) is 51.1 Å². The van der Waals surface area contributed by atoms with E-state index >= 15 is 0 Å². The van der Waals surface area contributed by atoms with Gasteiger partial charge in [0, 0.05) is 19.1 Å². The van der Waals surface area contributed by atoms with Crippen molar-refractivity contribution in [3.05, 3.63) is 23.5 Å². The zero-order chi connectivity index (χ0) is 18.1. The van der Waals surface area contributed by atoms with E-state index in [0.29, 0.717) is 53.5 Å². The average Bonchev–Trinajstić information content (AvgIpc) is 2.60. The number of aromatic nitrogens is 2. The van der Waals surface area contributed by atoms with Crippen molar-refractivity contribution >= 4 is 39.9 Å².